The number of rotatable bonds is 9. The van der Waals surface area contributed by atoms with Crippen LogP contribution in [-0.2, 0) is 4.79 Å². The molecule has 0 fully saturated rings. The maximum Gasteiger partial charge on any atom is 0.227 e. The average Bonchev–Trinajstić information content (AvgIpc) is 3.14. The number of allylic oxidation sites excluding steroid dienone is 2. The molecule has 2 heterocycles. The van der Waals surface area contributed by atoms with Crippen LogP contribution in [0, 0.1) is 11.3 Å². The molecule has 2 aliphatic rings. The molecule has 0 saturated carbocycles. The third kappa shape index (κ3) is 5.45. The molecule has 1 unspecified atom stereocenters. The highest BCUT2D eigenvalue weighted by Crippen LogP contribution is 2.45. The van der Waals surface area contributed by atoms with E-state index in [-0.39, 0.29) is 17.2 Å². The molecule has 7 heteroatoms. The van der Waals surface area contributed by atoms with Crippen LogP contribution in [0.2, 0.25) is 0 Å². The normalized spacial score (nSPS) is 19.3. The Morgan fingerprint density at radius 3 is 2.70 bits per heavy atom. The number of ketones is 1. The standard InChI is InChI=1S/C26H36N4O2S/c1-6-7-14-33-25-28-24-27-20-15-26(4,5)16-21(31)22(20)23(30(24)29-25)18-8-10-19(11-9-18)32-13-12-17(2)3/h8-11,17,23H,6-7,12-16H2,1-5H3,(H,27,28,29). The highest BCUT2D eigenvalue weighted by molar-refractivity contribution is 7.99. The lowest BCUT2D eigenvalue weighted by Crippen LogP contribution is -2.36. The second kappa shape index (κ2) is 9.92. The van der Waals surface area contributed by atoms with Gasteiger partial charge in [0.1, 0.15) is 11.8 Å². The van der Waals surface area contributed by atoms with Crippen LogP contribution >= 0.6 is 11.8 Å². The van der Waals surface area contributed by atoms with E-state index in [2.05, 4.69) is 52.1 Å². The summed E-state index contributed by atoms with van der Waals surface area (Å²) in [5.74, 6) is 3.37. The van der Waals surface area contributed by atoms with Gasteiger partial charge >= 0.3 is 0 Å². The fraction of sp³-hybridized carbons (Fsp3) is 0.577. The third-order valence-corrected chi connectivity index (χ3v) is 7.13. The Labute approximate surface area is 201 Å². The van der Waals surface area contributed by atoms with E-state index in [9.17, 15) is 4.79 Å². The molecule has 0 radical (unpaired) electrons. The van der Waals surface area contributed by atoms with Crippen molar-refractivity contribution in [3.05, 3.63) is 41.1 Å². The van der Waals surface area contributed by atoms with Crippen molar-refractivity contribution in [3.63, 3.8) is 0 Å². The van der Waals surface area contributed by atoms with E-state index in [1.54, 1.807) is 11.8 Å². The van der Waals surface area contributed by atoms with Gasteiger partial charge in [-0.1, -0.05) is 64.9 Å². The van der Waals surface area contributed by atoms with Crippen molar-refractivity contribution in [1.82, 2.24) is 14.8 Å². The number of carbonyl (C=O) groups excluding carboxylic acids is 1. The summed E-state index contributed by atoms with van der Waals surface area (Å²) in [6, 6.07) is 7.87. The zero-order chi connectivity index (χ0) is 23.6. The summed E-state index contributed by atoms with van der Waals surface area (Å²) in [7, 11) is 0. The molecule has 1 N–H and O–H groups in total. The van der Waals surface area contributed by atoms with Gasteiger partial charge < -0.3 is 10.1 Å². The molecule has 1 atom stereocenters. The van der Waals surface area contributed by atoms with Crippen molar-refractivity contribution in [1.29, 1.82) is 0 Å². The molecule has 2 aromatic rings. The van der Waals surface area contributed by atoms with Gasteiger partial charge in [-0.05, 0) is 48.3 Å². The Hall–Kier alpha value is -2.28. The topological polar surface area (TPSA) is 69.0 Å². The van der Waals surface area contributed by atoms with Gasteiger partial charge in [-0.3, -0.25) is 4.79 Å². The fourth-order valence-electron chi connectivity index (χ4n) is 4.43. The zero-order valence-corrected chi connectivity index (χ0v) is 21.3. The van der Waals surface area contributed by atoms with E-state index in [4.69, 9.17) is 14.8 Å². The van der Waals surface area contributed by atoms with Gasteiger partial charge in [0.05, 0.1) is 6.61 Å². The molecule has 0 spiro atoms. The molecule has 1 aliphatic carbocycles. The molecular formula is C26H36N4O2S. The lowest BCUT2D eigenvalue weighted by Gasteiger charge is -2.38. The van der Waals surface area contributed by atoms with Gasteiger partial charge in [0.25, 0.3) is 0 Å². The van der Waals surface area contributed by atoms with Crippen molar-refractivity contribution in [2.45, 2.75) is 77.9 Å². The van der Waals surface area contributed by atoms with Crippen molar-refractivity contribution < 1.29 is 9.53 Å². The molecule has 6 nitrogen and oxygen atoms in total. The minimum atomic E-state index is -0.266. The van der Waals surface area contributed by atoms with E-state index in [0.29, 0.717) is 18.9 Å². The maximum absolute atomic E-state index is 13.3. The number of unbranched alkanes of at least 4 members (excludes halogenated alkanes) is 1. The van der Waals surface area contributed by atoms with Gasteiger partial charge in [-0.25, -0.2) is 4.68 Å². The number of benzene rings is 1. The molecule has 1 aromatic heterocycles. The second-order valence-electron chi connectivity index (χ2n) is 10.3. The Kier molecular flexibility index (Phi) is 7.17. The number of thioether (sulfide) groups is 1. The first-order chi connectivity index (χ1) is 15.8. The maximum atomic E-state index is 13.3. The van der Waals surface area contributed by atoms with Crippen LogP contribution in [0.25, 0.3) is 0 Å². The van der Waals surface area contributed by atoms with Gasteiger partial charge in [0.15, 0.2) is 5.78 Å². The predicted molar refractivity (Wildman–Crippen MR) is 134 cm³/mol. The summed E-state index contributed by atoms with van der Waals surface area (Å²) in [5, 5.41) is 9.04. The molecule has 0 amide bonds. The van der Waals surface area contributed by atoms with Crippen molar-refractivity contribution in [3.8, 4) is 5.75 Å². The van der Waals surface area contributed by atoms with Crippen LogP contribution in [0.15, 0.2) is 40.7 Å². The first-order valence-corrected chi connectivity index (χ1v) is 13.1. The van der Waals surface area contributed by atoms with E-state index < -0.39 is 0 Å². The Balaban J connectivity index is 1.66. The quantitative estimate of drug-likeness (QED) is 0.346. The first-order valence-electron chi connectivity index (χ1n) is 12.1. The Morgan fingerprint density at radius 1 is 1.24 bits per heavy atom. The van der Waals surface area contributed by atoms with Gasteiger partial charge in [0, 0.05) is 23.4 Å². The molecular weight excluding hydrogens is 432 g/mol. The minimum absolute atomic E-state index is 0.0670. The molecule has 0 saturated heterocycles. The van der Waals surface area contributed by atoms with Gasteiger partial charge in [0.2, 0.25) is 11.1 Å². The highest BCUT2D eigenvalue weighted by atomic mass is 32.2. The van der Waals surface area contributed by atoms with Crippen molar-refractivity contribution >= 4 is 23.5 Å². The molecule has 1 aromatic carbocycles. The van der Waals surface area contributed by atoms with Crippen LogP contribution in [0.5, 0.6) is 5.75 Å². The lowest BCUT2D eigenvalue weighted by atomic mass is 9.73. The van der Waals surface area contributed by atoms with Crippen LogP contribution < -0.4 is 10.1 Å². The smallest absolute Gasteiger partial charge is 0.227 e. The highest BCUT2D eigenvalue weighted by Gasteiger charge is 2.41. The van der Waals surface area contributed by atoms with Gasteiger partial charge in [-0.15, -0.1) is 5.10 Å². The summed E-state index contributed by atoms with van der Waals surface area (Å²) in [6.07, 6.45) is 4.67. The fourth-order valence-corrected chi connectivity index (χ4v) is 5.34. The van der Waals surface area contributed by atoms with Crippen LogP contribution in [0.1, 0.15) is 78.3 Å². The Morgan fingerprint density at radius 2 is 2.00 bits per heavy atom. The molecule has 0 bridgehead atoms. The van der Waals surface area contributed by atoms with E-state index in [1.165, 1.54) is 0 Å². The lowest BCUT2D eigenvalue weighted by molar-refractivity contribution is -0.118. The molecule has 4 rings (SSSR count). The number of nitrogens with zero attached hydrogens (tertiary/aromatic N) is 3. The number of anilines is 1. The number of aromatic nitrogens is 3. The number of fused-ring (bicyclic) bond motifs is 1. The Bertz CT molecular complexity index is 1020. The first kappa shape index (κ1) is 23.9. The summed E-state index contributed by atoms with van der Waals surface area (Å²) in [6.45, 7) is 11.6. The molecule has 33 heavy (non-hydrogen) atoms. The van der Waals surface area contributed by atoms with Crippen molar-refractivity contribution in [2.24, 2.45) is 11.3 Å². The minimum Gasteiger partial charge on any atom is -0.494 e. The monoisotopic (exact) mass is 468 g/mol. The number of carbonyl (C=O) groups is 1. The number of nitrogens with one attached hydrogen (secondary N) is 1. The molecule has 178 valence electrons. The SMILES string of the molecule is CCCCSc1nc2n(n1)C(c1ccc(OCCC(C)C)cc1)C1=C(CC(C)(C)CC1=O)N2. The zero-order valence-electron chi connectivity index (χ0n) is 20.5. The van der Waals surface area contributed by atoms with Crippen molar-refractivity contribution in [2.75, 3.05) is 17.7 Å². The van der Waals surface area contributed by atoms with Crippen LogP contribution in [0.3, 0.4) is 0 Å². The van der Waals surface area contributed by atoms with Crippen LogP contribution in [0.4, 0.5) is 5.95 Å². The van der Waals surface area contributed by atoms with E-state index >= 15 is 0 Å². The molecule has 1 aliphatic heterocycles. The number of ether oxygens (including phenoxy) is 1. The predicted octanol–water partition coefficient (Wildman–Crippen LogP) is 6.25. The number of Topliss-reactive ketones (excluding diaryl/α,β-unsaturated/α-hetero) is 1. The number of hydrogen-bond donors (Lipinski definition) is 1. The summed E-state index contributed by atoms with van der Waals surface area (Å²) in [5.41, 5.74) is 2.78. The summed E-state index contributed by atoms with van der Waals surface area (Å²) in [4.78, 5) is 18.1. The van der Waals surface area contributed by atoms with E-state index in [1.807, 2.05) is 16.8 Å². The average molecular weight is 469 g/mol. The largest absolute Gasteiger partial charge is 0.494 e. The van der Waals surface area contributed by atoms with Gasteiger partial charge in [-0.2, -0.15) is 4.98 Å². The number of hydrogen-bond acceptors (Lipinski definition) is 6. The summed E-state index contributed by atoms with van der Waals surface area (Å²) < 4.78 is 7.81. The second-order valence-corrected chi connectivity index (χ2v) is 11.4. The summed E-state index contributed by atoms with van der Waals surface area (Å²) >= 11 is 1.68. The van der Waals surface area contributed by atoms with E-state index in [0.717, 1.165) is 65.1 Å². The van der Waals surface area contributed by atoms with Crippen LogP contribution in [-0.4, -0.2) is 32.9 Å². The third-order valence-electron chi connectivity index (χ3n) is 6.20.